The predicted molar refractivity (Wildman–Crippen MR) is 126 cm³/mol. The van der Waals surface area contributed by atoms with E-state index in [1.54, 1.807) is 0 Å². The number of phenolic OH excluding ortho intramolecular Hbond substituents is 1. The van der Waals surface area contributed by atoms with Crippen LogP contribution in [0.4, 0.5) is 5.69 Å². The smallest absolute Gasteiger partial charge is 0.127 e. The fraction of sp³-hybridized carbons (Fsp3) is 0.480. The first-order chi connectivity index (χ1) is 13.8. The normalized spacial score (nSPS) is 18.1. The van der Waals surface area contributed by atoms with Crippen LogP contribution >= 0.6 is 12.2 Å². The van der Waals surface area contributed by atoms with E-state index in [0.717, 1.165) is 70.9 Å². The lowest BCUT2D eigenvalue weighted by Gasteiger charge is -2.39. The summed E-state index contributed by atoms with van der Waals surface area (Å²) in [6, 6.07) is 10.4. The van der Waals surface area contributed by atoms with Gasteiger partial charge in [0.25, 0.3) is 0 Å². The minimum Gasteiger partial charge on any atom is -0.507 e. The van der Waals surface area contributed by atoms with Gasteiger partial charge in [-0.1, -0.05) is 43.8 Å². The van der Waals surface area contributed by atoms with Gasteiger partial charge in [-0.3, -0.25) is 0 Å². The topological polar surface area (TPSA) is 32.7 Å². The average molecular weight is 412 g/mol. The highest BCUT2D eigenvalue weighted by molar-refractivity contribution is 7.80. The summed E-state index contributed by atoms with van der Waals surface area (Å²) >= 11 is 5.93. The maximum absolute atomic E-state index is 10.4. The molecule has 1 aliphatic heterocycles. The lowest BCUT2D eigenvalue weighted by Crippen LogP contribution is -2.43. The minimum absolute atomic E-state index is 0.343. The molecule has 29 heavy (non-hydrogen) atoms. The van der Waals surface area contributed by atoms with Gasteiger partial charge >= 0.3 is 0 Å². The highest BCUT2D eigenvalue weighted by Crippen LogP contribution is 2.44. The quantitative estimate of drug-likeness (QED) is 0.556. The first-order valence-corrected chi connectivity index (χ1v) is 11.0. The Kier molecular flexibility index (Phi) is 6.52. The van der Waals surface area contributed by atoms with Crippen LogP contribution in [0.2, 0.25) is 0 Å². The van der Waals surface area contributed by atoms with Crippen molar-refractivity contribution in [2.24, 2.45) is 0 Å². The fourth-order valence-corrected chi connectivity index (χ4v) is 4.66. The fourth-order valence-electron chi connectivity index (χ4n) is 4.16. The number of rotatable bonds is 6. The Morgan fingerprint density at radius 2 is 1.83 bits per heavy atom. The van der Waals surface area contributed by atoms with Gasteiger partial charge in [-0.05, 0) is 75.8 Å². The van der Waals surface area contributed by atoms with Crippen LogP contribution in [0.15, 0.2) is 30.3 Å². The summed E-state index contributed by atoms with van der Waals surface area (Å²) < 4.78 is 6.60. The van der Waals surface area contributed by atoms with Crippen molar-refractivity contribution >= 4 is 22.9 Å². The molecule has 4 heteroatoms. The monoisotopic (exact) mass is 411 g/mol. The molecule has 1 aliphatic rings. The van der Waals surface area contributed by atoms with Gasteiger partial charge in [-0.2, -0.15) is 0 Å². The molecule has 0 radical (unpaired) electrons. The molecule has 0 aromatic heterocycles. The van der Waals surface area contributed by atoms with Gasteiger partial charge in [0.05, 0.1) is 4.99 Å². The van der Waals surface area contributed by atoms with Gasteiger partial charge in [-0.25, -0.2) is 0 Å². The van der Waals surface area contributed by atoms with Crippen molar-refractivity contribution in [1.82, 2.24) is 0 Å². The Labute approximate surface area is 180 Å². The van der Waals surface area contributed by atoms with E-state index in [0.29, 0.717) is 12.2 Å². The largest absolute Gasteiger partial charge is 0.507 e. The summed E-state index contributed by atoms with van der Waals surface area (Å²) in [5.41, 5.74) is 4.83. The molecule has 0 spiro atoms. The van der Waals surface area contributed by atoms with Gasteiger partial charge in [0.1, 0.15) is 17.1 Å². The number of hydrogen-bond acceptors (Lipinski definition) is 3. The van der Waals surface area contributed by atoms with Crippen LogP contribution in [0.1, 0.15) is 61.8 Å². The number of para-hydroxylation sites is 1. The zero-order chi connectivity index (χ0) is 21.2. The molecule has 1 atom stereocenters. The van der Waals surface area contributed by atoms with E-state index in [2.05, 4.69) is 43.0 Å². The third kappa shape index (κ3) is 4.42. The van der Waals surface area contributed by atoms with E-state index in [1.807, 2.05) is 26.8 Å². The summed E-state index contributed by atoms with van der Waals surface area (Å²) in [6.45, 7) is 11.3. The van der Waals surface area contributed by atoms with Gasteiger partial charge in [0.2, 0.25) is 0 Å². The van der Waals surface area contributed by atoms with E-state index in [9.17, 15) is 5.11 Å². The minimum atomic E-state index is -0.343. The average Bonchev–Trinajstić information content (AvgIpc) is 2.71. The molecule has 0 amide bonds. The van der Waals surface area contributed by atoms with Crippen molar-refractivity contribution < 1.29 is 9.84 Å². The van der Waals surface area contributed by atoms with Crippen LogP contribution in [0.25, 0.3) is 0 Å². The van der Waals surface area contributed by atoms with Crippen molar-refractivity contribution in [2.45, 2.75) is 72.3 Å². The predicted octanol–water partition coefficient (Wildman–Crippen LogP) is 6.43. The standard InChI is InChI=1S/C25H33NO2S/c1-6-7-15-26(20-11-9-8-10-12-20)22(29)16-25(5)14-13-21-19(4)23(27)17(2)18(3)24(21)28-25/h8-12,27H,6-7,13-16H2,1-5H3. The molecule has 3 nitrogen and oxygen atoms in total. The highest BCUT2D eigenvalue weighted by Gasteiger charge is 2.36. The van der Waals surface area contributed by atoms with Crippen LogP contribution in [-0.2, 0) is 6.42 Å². The lowest BCUT2D eigenvalue weighted by atomic mass is 9.85. The van der Waals surface area contributed by atoms with Crippen LogP contribution in [0, 0.1) is 20.8 Å². The number of thiocarbonyl (C=S) groups is 1. The van der Waals surface area contributed by atoms with E-state index in [4.69, 9.17) is 17.0 Å². The van der Waals surface area contributed by atoms with Crippen molar-refractivity contribution in [3.05, 3.63) is 52.6 Å². The number of ether oxygens (including phenoxy) is 1. The summed E-state index contributed by atoms with van der Waals surface area (Å²) in [6.07, 6.45) is 4.73. The van der Waals surface area contributed by atoms with Crippen LogP contribution in [-0.4, -0.2) is 22.2 Å². The number of hydrogen-bond donors (Lipinski definition) is 1. The number of nitrogens with zero attached hydrogens (tertiary/aromatic N) is 1. The molecule has 156 valence electrons. The van der Waals surface area contributed by atoms with Gasteiger partial charge in [-0.15, -0.1) is 0 Å². The Morgan fingerprint density at radius 1 is 1.14 bits per heavy atom. The van der Waals surface area contributed by atoms with E-state index in [1.165, 1.54) is 0 Å². The zero-order valence-corrected chi connectivity index (χ0v) is 19.2. The number of unbranched alkanes of at least 4 members (excludes halogenated alkanes) is 1. The van der Waals surface area contributed by atoms with Crippen molar-refractivity contribution in [2.75, 3.05) is 11.4 Å². The van der Waals surface area contributed by atoms with Crippen LogP contribution < -0.4 is 9.64 Å². The first-order valence-electron chi connectivity index (χ1n) is 10.6. The van der Waals surface area contributed by atoms with Gasteiger partial charge in [0.15, 0.2) is 0 Å². The molecule has 2 aromatic carbocycles. The Bertz CT molecular complexity index is 894. The highest BCUT2D eigenvalue weighted by atomic mass is 32.1. The molecule has 3 rings (SSSR count). The number of anilines is 1. The molecule has 1 N–H and O–H groups in total. The van der Waals surface area contributed by atoms with Crippen molar-refractivity contribution in [3.8, 4) is 11.5 Å². The third-order valence-corrected chi connectivity index (χ3v) is 6.59. The Morgan fingerprint density at radius 3 is 2.48 bits per heavy atom. The first kappa shape index (κ1) is 21.6. The molecule has 0 bridgehead atoms. The molecule has 1 unspecified atom stereocenters. The maximum atomic E-state index is 10.4. The Hall–Kier alpha value is -2.07. The molecule has 1 heterocycles. The summed E-state index contributed by atoms with van der Waals surface area (Å²) in [5, 5.41) is 10.4. The maximum Gasteiger partial charge on any atom is 0.127 e. The van der Waals surface area contributed by atoms with Crippen molar-refractivity contribution in [1.29, 1.82) is 0 Å². The second kappa shape index (κ2) is 8.74. The van der Waals surface area contributed by atoms with E-state index >= 15 is 0 Å². The summed E-state index contributed by atoms with van der Waals surface area (Å²) in [4.78, 5) is 3.20. The third-order valence-electron chi connectivity index (χ3n) is 6.22. The van der Waals surface area contributed by atoms with Gasteiger partial charge < -0.3 is 14.7 Å². The summed E-state index contributed by atoms with van der Waals surface area (Å²) in [7, 11) is 0. The summed E-state index contributed by atoms with van der Waals surface area (Å²) in [5.74, 6) is 1.34. The molecule has 0 fully saturated rings. The number of fused-ring (bicyclic) bond motifs is 1. The molecule has 2 aromatic rings. The van der Waals surface area contributed by atoms with Crippen LogP contribution in [0.3, 0.4) is 0 Å². The number of phenols is 1. The second-order valence-corrected chi connectivity index (χ2v) is 8.97. The molecular weight excluding hydrogens is 378 g/mol. The SMILES string of the molecule is CCCCN(C(=S)CC1(C)CCc2c(C)c(O)c(C)c(C)c2O1)c1ccccc1. The van der Waals surface area contributed by atoms with Gasteiger partial charge in [0, 0.05) is 24.2 Å². The molecule has 0 aliphatic carbocycles. The van der Waals surface area contributed by atoms with Crippen LogP contribution in [0.5, 0.6) is 11.5 Å². The molecular formula is C25H33NO2S. The Balaban J connectivity index is 1.85. The number of benzene rings is 2. The number of aromatic hydroxyl groups is 1. The lowest BCUT2D eigenvalue weighted by molar-refractivity contribution is 0.0712. The second-order valence-electron chi connectivity index (χ2n) is 8.49. The van der Waals surface area contributed by atoms with E-state index in [-0.39, 0.29) is 5.60 Å². The molecule has 0 saturated carbocycles. The van der Waals surface area contributed by atoms with E-state index < -0.39 is 0 Å². The molecule has 0 saturated heterocycles. The van der Waals surface area contributed by atoms with Crippen molar-refractivity contribution in [3.63, 3.8) is 0 Å². The zero-order valence-electron chi connectivity index (χ0n) is 18.3.